The van der Waals surface area contributed by atoms with Gasteiger partial charge in [-0.05, 0) is 6.20 Å². The van der Waals surface area contributed by atoms with Crippen LogP contribution < -0.4 is 16.8 Å². The molecule has 5 nitrogen and oxygen atoms in total. The van der Waals surface area contributed by atoms with Gasteiger partial charge in [-0.1, -0.05) is 6.58 Å². The lowest BCUT2D eigenvalue weighted by atomic mass is 10.4. The van der Waals surface area contributed by atoms with E-state index >= 15 is 0 Å². The third-order valence-corrected chi connectivity index (χ3v) is 1.15. The van der Waals surface area contributed by atoms with Crippen LogP contribution in [0.3, 0.4) is 0 Å². The average Bonchev–Trinajstić information content (AvgIpc) is 1.99. The highest BCUT2D eigenvalue weighted by Gasteiger charge is 2.01. The van der Waals surface area contributed by atoms with Crippen LogP contribution in [-0.2, 0) is 0 Å². The molecule has 11 heavy (non-hydrogen) atoms. The first-order chi connectivity index (χ1) is 5.25. The molecule has 1 aromatic rings. The molecule has 0 fully saturated rings. The zero-order valence-corrected chi connectivity index (χ0v) is 5.91. The molecule has 0 atom stereocenters. The predicted molar refractivity (Wildman–Crippen MR) is 44.7 cm³/mol. The zero-order chi connectivity index (χ0) is 8.27. The maximum absolute atomic E-state index is 5.51. The highest BCUT2D eigenvalue weighted by molar-refractivity contribution is 5.72. The summed E-state index contributed by atoms with van der Waals surface area (Å²) in [4.78, 5) is 7.52. The molecule has 0 saturated heterocycles. The number of nitrogens with one attached hydrogen (secondary N) is 1. The Morgan fingerprint density at radius 1 is 1.45 bits per heavy atom. The summed E-state index contributed by atoms with van der Waals surface area (Å²) in [6, 6.07) is 0. The smallest absolute Gasteiger partial charge is 0.158 e. The Morgan fingerprint density at radius 2 is 2.18 bits per heavy atom. The van der Waals surface area contributed by atoms with Crippen LogP contribution in [0.25, 0.3) is 0 Å². The van der Waals surface area contributed by atoms with Crippen LogP contribution in [0.5, 0.6) is 0 Å². The van der Waals surface area contributed by atoms with E-state index in [0.717, 1.165) is 0 Å². The van der Waals surface area contributed by atoms with Gasteiger partial charge in [-0.15, -0.1) is 0 Å². The Kier molecular flexibility index (Phi) is 1.91. The lowest BCUT2D eigenvalue weighted by molar-refractivity contribution is 1.18. The Labute approximate surface area is 64.1 Å². The topological polar surface area (TPSA) is 89.8 Å². The van der Waals surface area contributed by atoms with Crippen molar-refractivity contribution >= 4 is 17.3 Å². The molecule has 0 unspecified atom stereocenters. The monoisotopic (exact) mass is 151 g/mol. The van der Waals surface area contributed by atoms with Crippen molar-refractivity contribution in [2.45, 2.75) is 0 Å². The largest absolute Gasteiger partial charge is 0.393 e. The molecular formula is C6H9N5. The molecule has 0 saturated carbocycles. The van der Waals surface area contributed by atoms with Gasteiger partial charge in [-0.3, -0.25) is 0 Å². The normalized spacial score (nSPS) is 9.09. The minimum absolute atomic E-state index is 0.268. The second kappa shape index (κ2) is 2.87. The fourth-order valence-corrected chi connectivity index (χ4v) is 0.621. The van der Waals surface area contributed by atoms with Gasteiger partial charge >= 0.3 is 0 Å². The SMILES string of the molecule is C=CNc1ncnc(N)c1N. The Hall–Kier alpha value is -1.78. The standard InChI is InChI=1S/C6H9N5/c1-2-9-6-4(7)5(8)10-3-11-6/h2-3H,1,7H2,(H3,8,9,10,11). The van der Waals surface area contributed by atoms with Crippen LogP contribution in [0.1, 0.15) is 0 Å². The summed E-state index contributed by atoms with van der Waals surface area (Å²) < 4.78 is 0. The molecule has 58 valence electrons. The number of aromatic nitrogens is 2. The Morgan fingerprint density at radius 3 is 2.82 bits per heavy atom. The van der Waals surface area contributed by atoms with E-state index in [1.165, 1.54) is 12.5 Å². The summed E-state index contributed by atoms with van der Waals surface area (Å²) in [5, 5.41) is 2.72. The minimum atomic E-state index is 0.268. The quantitative estimate of drug-likeness (QED) is 0.561. The van der Waals surface area contributed by atoms with Gasteiger partial charge in [0.2, 0.25) is 0 Å². The molecule has 0 amide bonds. The maximum Gasteiger partial charge on any atom is 0.158 e. The van der Waals surface area contributed by atoms with E-state index in [1.54, 1.807) is 0 Å². The van der Waals surface area contributed by atoms with E-state index in [9.17, 15) is 0 Å². The fourth-order valence-electron chi connectivity index (χ4n) is 0.621. The summed E-state index contributed by atoms with van der Waals surface area (Å²) in [5.41, 5.74) is 11.2. The number of nitrogens with two attached hydrogens (primary N) is 2. The number of anilines is 3. The van der Waals surface area contributed by atoms with Gasteiger partial charge in [-0.25, -0.2) is 9.97 Å². The molecular weight excluding hydrogens is 142 g/mol. The first kappa shape index (κ1) is 7.33. The van der Waals surface area contributed by atoms with Crippen LogP contribution in [0, 0.1) is 0 Å². The molecule has 0 bridgehead atoms. The highest BCUT2D eigenvalue weighted by atomic mass is 15.0. The third kappa shape index (κ3) is 1.37. The van der Waals surface area contributed by atoms with Crippen molar-refractivity contribution in [3.05, 3.63) is 19.1 Å². The van der Waals surface area contributed by atoms with E-state index in [-0.39, 0.29) is 5.82 Å². The summed E-state index contributed by atoms with van der Waals surface area (Å²) >= 11 is 0. The van der Waals surface area contributed by atoms with Crippen molar-refractivity contribution in [1.29, 1.82) is 0 Å². The molecule has 5 heteroatoms. The number of hydrogen-bond acceptors (Lipinski definition) is 5. The van der Waals surface area contributed by atoms with E-state index in [0.29, 0.717) is 11.5 Å². The number of hydrogen-bond donors (Lipinski definition) is 3. The summed E-state index contributed by atoms with van der Waals surface area (Å²) in [6.07, 6.45) is 2.80. The van der Waals surface area contributed by atoms with Crippen molar-refractivity contribution in [2.24, 2.45) is 0 Å². The summed E-state index contributed by atoms with van der Waals surface area (Å²) in [7, 11) is 0. The van der Waals surface area contributed by atoms with Gasteiger partial charge in [0.25, 0.3) is 0 Å². The second-order valence-electron chi connectivity index (χ2n) is 1.87. The molecule has 1 heterocycles. The lowest BCUT2D eigenvalue weighted by Gasteiger charge is -2.03. The molecule has 0 aromatic carbocycles. The highest BCUT2D eigenvalue weighted by Crippen LogP contribution is 2.18. The number of rotatable bonds is 2. The third-order valence-electron chi connectivity index (χ3n) is 1.15. The molecule has 1 aromatic heterocycles. The van der Waals surface area contributed by atoms with Crippen molar-refractivity contribution < 1.29 is 0 Å². The average molecular weight is 151 g/mol. The zero-order valence-electron chi connectivity index (χ0n) is 5.91. The van der Waals surface area contributed by atoms with Crippen LogP contribution >= 0.6 is 0 Å². The molecule has 0 spiro atoms. The first-order valence-corrected chi connectivity index (χ1v) is 2.99. The number of nitrogens with zero attached hydrogens (tertiary/aromatic N) is 2. The molecule has 0 aliphatic rings. The van der Waals surface area contributed by atoms with Crippen molar-refractivity contribution in [1.82, 2.24) is 9.97 Å². The van der Waals surface area contributed by atoms with E-state index in [2.05, 4.69) is 21.9 Å². The van der Waals surface area contributed by atoms with E-state index in [4.69, 9.17) is 11.5 Å². The second-order valence-corrected chi connectivity index (χ2v) is 1.87. The predicted octanol–water partition coefficient (Wildman–Crippen LogP) is 0.196. The first-order valence-electron chi connectivity index (χ1n) is 2.99. The summed E-state index contributed by atoms with van der Waals surface area (Å²) in [5.74, 6) is 0.747. The van der Waals surface area contributed by atoms with Crippen LogP contribution in [0.15, 0.2) is 19.1 Å². The van der Waals surface area contributed by atoms with Crippen molar-refractivity contribution in [3.63, 3.8) is 0 Å². The van der Waals surface area contributed by atoms with Crippen LogP contribution in [-0.4, -0.2) is 9.97 Å². The molecule has 0 aliphatic heterocycles. The molecule has 0 aliphatic carbocycles. The fraction of sp³-hybridized carbons (Fsp3) is 0. The van der Waals surface area contributed by atoms with Gasteiger partial charge in [-0.2, -0.15) is 0 Å². The Balaban J connectivity index is 3.05. The van der Waals surface area contributed by atoms with Crippen LogP contribution in [0.4, 0.5) is 17.3 Å². The van der Waals surface area contributed by atoms with E-state index in [1.807, 2.05) is 0 Å². The minimum Gasteiger partial charge on any atom is -0.393 e. The molecule has 0 radical (unpaired) electrons. The maximum atomic E-state index is 5.51. The lowest BCUT2D eigenvalue weighted by Crippen LogP contribution is -2.03. The van der Waals surface area contributed by atoms with Gasteiger partial charge < -0.3 is 16.8 Å². The van der Waals surface area contributed by atoms with Gasteiger partial charge in [0.05, 0.1) is 0 Å². The Bertz CT molecular complexity index is 270. The van der Waals surface area contributed by atoms with Crippen LogP contribution in [0.2, 0.25) is 0 Å². The van der Waals surface area contributed by atoms with E-state index < -0.39 is 0 Å². The van der Waals surface area contributed by atoms with Gasteiger partial charge in [0.15, 0.2) is 11.6 Å². The van der Waals surface area contributed by atoms with Crippen molar-refractivity contribution in [3.8, 4) is 0 Å². The molecule has 1 rings (SSSR count). The summed E-state index contributed by atoms with van der Waals surface area (Å²) in [6.45, 7) is 3.46. The number of nitrogen functional groups attached to an aromatic ring is 2. The van der Waals surface area contributed by atoms with Gasteiger partial charge in [0.1, 0.15) is 12.0 Å². The molecule has 5 N–H and O–H groups in total. The van der Waals surface area contributed by atoms with Gasteiger partial charge in [0, 0.05) is 0 Å². The van der Waals surface area contributed by atoms with Crippen molar-refractivity contribution in [2.75, 3.05) is 16.8 Å².